The molecule has 2 aromatic rings. The van der Waals surface area contributed by atoms with Gasteiger partial charge in [-0.15, -0.1) is 0 Å². The molecular formula is C15H19N3O. The third kappa shape index (κ3) is 3.68. The largest absolute Gasteiger partial charge is 0.305 e. The summed E-state index contributed by atoms with van der Waals surface area (Å²) < 4.78 is 1.65. The monoisotopic (exact) mass is 257 g/mol. The minimum absolute atomic E-state index is 0.130. The lowest BCUT2D eigenvalue weighted by Gasteiger charge is -2.06. The Morgan fingerprint density at radius 3 is 2.47 bits per heavy atom. The van der Waals surface area contributed by atoms with E-state index in [2.05, 4.69) is 24.3 Å². The second-order valence-electron chi connectivity index (χ2n) is 5.12. The van der Waals surface area contributed by atoms with Crippen LogP contribution in [0.15, 0.2) is 36.5 Å². The van der Waals surface area contributed by atoms with E-state index in [0.29, 0.717) is 17.3 Å². The van der Waals surface area contributed by atoms with Crippen LogP contribution in [0.2, 0.25) is 0 Å². The number of hydrogen-bond acceptors (Lipinski definition) is 2. The Kier molecular flexibility index (Phi) is 4.00. The molecule has 100 valence electrons. The molecule has 0 bridgehead atoms. The normalized spacial score (nSPS) is 10.7. The van der Waals surface area contributed by atoms with Gasteiger partial charge >= 0.3 is 0 Å². The molecule has 0 saturated heterocycles. The minimum Gasteiger partial charge on any atom is -0.305 e. The molecule has 19 heavy (non-hydrogen) atoms. The maximum atomic E-state index is 12.0. The van der Waals surface area contributed by atoms with Crippen molar-refractivity contribution in [3.63, 3.8) is 0 Å². The highest BCUT2D eigenvalue weighted by Crippen LogP contribution is 2.11. The van der Waals surface area contributed by atoms with Crippen molar-refractivity contribution >= 4 is 11.7 Å². The van der Waals surface area contributed by atoms with Gasteiger partial charge in [0.2, 0.25) is 0 Å². The summed E-state index contributed by atoms with van der Waals surface area (Å²) in [5.74, 6) is 1.06. The molecule has 1 aromatic carbocycles. The average molecular weight is 257 g/mol. The van der Waals surface area contributed by atoms with Crippen molar-refractivity contribution in [3.8, 4) is 0 Å². The van der Waals surface area contributed by atoms with Gasteiger partial charge in [0.15, 0.2) is 5.82 Å². The molecule has 0 aliphatic carbocycles. The summed E-state index contributed by atoms with van der Waals surface area (Å²) in [6, 6.07) is 9.50. The Bertz CT molecular complexity index is 555. The van der Waals surface area contributed by atoms with Gasteiger partial charge in [-0.3, -0.25) is 9.48 Å². The summed E-state index contributed by atoms with van der Waals surface area (Å²) in [4.78, 5) is 12.0. The van der Waals surface area contributed by atoms with Crippen LogP contribution in [0.25, 0.3) is 0 Å². The highest BCUT2D eigenvalue weighted by atomic mass is 16.1. The molecule has 1 amide bonds. The minimum atomic E-state index is -0.130. The van der Waals surface area contributed by atoms with Gasteiger partial charge in [-0.25, -0.2) is 0 Å². The molecule has 0 radical (unpaired) electrons. The predicted octanol–water partition coefficient (Wildman–Crippen LogP) is 2.87. The van der Waals surface area contributed by atoms with Crippen LogP contribution in [0, 0.1) is 5.92 Å². The van der Waals surface area contributed by atoms with Crippen LogP contribution in [0.1, 0.15) is 29.8 Å². The first-order valence-electron chi connectivity index (χ1n) is 6.44. The first-order chi connectivity index (χ1) is 9.04. The van der Waals surface area contributed by atoms with E-state index in [-0.39, 0.29) is 5.91 Å². The SMILES string of the molecule is CC(C)Cc1ccc(C(=O)Nc2ccn(C)n2)cc1. The molecule has 4 nitrogen and oxygen atoms in total. The van der Waals surface area contributed by atoms with Gasteiger partial charge in [0.1, 0.15) is 0 Å². The van der Waals surface area contributed by atoms with E-state index in [0.717, 1.165) is 6.42 Å². The van der Waals surface area contributed by atoms with Gasteiger partial charge in [0, 0.05) is 24.9 Å². The zero-order chi connectivity index (χ0) is 13.8. The number of aryl methyl sites for hydroxylation is 1. The van der Waals surface area contributed by atoms with E-state index in [9.17, 15) is 4.79 Å². The van der Waals surface area contributed by atoms with E-state index in [1.807, 2.05) is 31.3 Å². The maximum absolute atomic E-state index is 12.0. The van der Waals surface area contributed by atoms with Crippen LogP contribution in [0.4, 0.5) is 5.82 Å². The molecule has 1 aromatic heterocycles. The molecule has 0 fully saturated rings. The lowest BCUT2D eigenvalue weighted by molar-refractivity contribution is 0.102. The van der Waals surface area contributed by atoms with E-state index in [4.69, 9.17) is 0 Å². The van der Waals surface area contributed by atoms with Gasteiger partial charge in [0.25, 0.3) is 5.91 Å². The number of carbonyl (C=O) groups is 1. The molecule has 0 aliphatic heterocycles. The zero-order valence-electron chi connectivity index (χ0n) is 11.6. The summed E-state index contributed by atoms with van der Waals surface area (Å²) in [5, 5.41) is 6.89. The second kappa shape index (κ2) is 5.69. The summed E-state index contributed by atoms with van der Waals surface area (Å²) in [7, 11) is 1.82. The maximum Gasteiger partial charge on any atom is 0.256 e. The van der Waals surface area contributed by atoms with Gasteiger partial charge in [-0.2, -0.15) is 5.10 Å². The summed E-state index contributed by atoms with van der Waals surface area (Å²) in [6.07, 6.45) is 2.82. The Labute approximate surface area is 113 Å². The van der Waals surface area contributed by atoms with Crippen molar-refractivity contribution in [1.29, 1.82) is 0 Å². The van der Waals surface area contributed by atoms with Gasteiger partial charge in [-0.1, -0.05) is 26.0 Å². The van der Waals surface area contributed by atoms with Gasteiger partial charge < -0.3 is 5.32 Å². The van der Waals surface area contributed by atoms with Crippen LogP contribution >= 0.6 is 0 Å². The van der Waals surface area contributed by atoms with Crippen LogP contribution in [0.3, 0.4) is 0 Å². The standard InChI is InChI=1S/C15H19N3O/c1-11(2)10-12-4-6-13(7-5-12)15(19)16-14-8-9-18(3)17-14/h4-9,11H,10H2,1-3H3,(H,16,17,19). The fourth-order valence-electron chi connectivity index (χ4n) is 1.93. The summed E-state index contributed by atoms with van der Waals surface area (Å²) >= 11 is 0. The van der Waals surface area contributed by atoms with E-state index in [1.54, 1.807) is 16.9 Å². The first kappa shape index (κ1) is 13.3. The number of aromatic nitrogens is 2. The molecular weight excluding hydrogens is 238 g/mol. The van der Waals surface area contributed by atoms with Crippen LogP contribution < -0.4 is 5.32 Å². The van der Waals surface area contributed by atoms with Crippen molar-refractivity contribution in [2.75, 3.05) is 5.32 Å². The number of nitrogens with one attached hydrogen (secondary N) is 1. The molecule has 0 spiro atoms. The highest BCUT2D eigenvalue weighted by Gasteiger charge is 2.07. The number of anilines is 1. The molecule has 2 rings (SSSR count). The lowest BCUT2D eigenvalue weighted by atomic mass is 10.0. The number of benzene rings is 1. The fourth-order valence-corrected chi connectivity index (χ4v) is 1.93. The second-order valence-corrected chi connectivity index (χ2v) is 5.12. The number of carbonyl (C=O) groups excluding carboxylic acids is 1. The van der Waals surface area contributed by atoms with Crippen LogP contribution in [0.5, 0.6) is 0 Å². The van der Waals surface area contributed by atoms with Crippen molar-refractivity contribution in [2.24, 2.45) is 13.0 Å². The third-order valence-electron chi connectivity index (χ3n) is 2.82. The fraction of sp³-hybridized carbons (Fsp3) is 0.333. The Morgan fingerprint density at radius 1 is 1.26 bits per heavy atom. The Morgan fingerprint density at radius 2 is 1.95 bits per heavy atom. The Balaban J connectivity index is 2.03. The number of amides is 1. The highest BCUT2D eigenvalue weighted by molar-refractivity contribution is 6.03. The predicted molar refractivity (Wildman–Crippen MR) is 76.1 cm³/mol. The van der Waals surface area contributed by atoms with Crippen molar-refractivity contribution < 1.29 is 4.79 Å². The molecule has 0 atom stereocenters. The lowest BCUT2D eigenvalue weighted by Crippen LogP contribution is -2.12. The molecule has 0 saturated carbocycles. The number of hydrogen-bond donors (Lipinski definition) is 1. The van der Waals surface area contributed by atoms with Crippen LogP contribution in [-0.4, -0.2) is 15.7 Å². The molecule has 4 heteroatoms. The van der Waals surface area contributed by atoms with Crippen molar-refractivity contribution in [3.05, 3.63) is 47.7 Å². The topological polar surface area (TPSA) is 46.9 Å². The van der Waals surface area contributed by atoms with E-state index < -0.39 is 0 Å². The van der Waals surface area contributed by atoms with Crippen molar-refractivity contribution in [1.82, 2.24) is 9.78 Å². The molecule has 0 unspecified atom stereocenters. The quantitative estimate of drug-likeness (QED) is 0.915. The van der Waals surface area contributed by atoms with E-state index in [1.165, 1.54) is 5.56 Å². The van der Waals surface area contributed by atoms with Crippen LogP contribution in [-0.2, 0) is 13.5 Å². The molecule has 1 N–H and O–H groups in total. The summed E-state index contributed by atoms with van der Waals surface area (Å²) in [6.45, 7) is 4.36. The van der Waals surface area contributed by atoms with E-state index >= 15 is 0 Å². The molecule has 1 heterocycles. The Hall–Kier alpha value is -2.10. The van der Waals surface area contributed by atoms with Gasteiger partial charge in [0.05, 0.1) is 0 Å². The third-order valence-corrected chi connectivity index (χ3v) is 2.82. The zero-order valence-corrected chi connectivity index (χ0v) is 11.6. The average Bonchev–Trinajstić information content (AvgIpc) is 2.75. The van der Waals surface area contributed by atoms with Crippen molar-refractivity contribution in [2.45, 2.75) is 20.3 Å². The van der Waals surface area contributed by atoms with Gasteiger partial charge in [-0.05, 0) is 30.0 Å². The summed E-state index contributed by atoms with van der Waals surface area (Å²) in [5.41, 5.74) is 1.91. The smallest absolute Gasteiger partial charge is 0.256 e. The first-order valence-corrected chi connectivity index (χ1v) is 6.44. The number of nitrogens with zero attached hydrogens (tertiary/aromatic N) is 2. The number of rotatable bonds is 4. The molecule has 0 aliphatic rings.